The lowest BCUT2D eigenvalue weighted by atomic mass is 9.92. The molecule has 0 aromatic heterocycles. The number of hydrogen-bond acceptors (Lipinski definition) is 3. The predicted octanol–water partition coefficient (Wildman–Crippen LogP) is 4.65. The first-order valence-corrected chi connectivity index (χ1v) is 8.48. The molecule has 0 atom stereocenters. The number of esters is 1. The van der Waals surface area contributed by atoms with Crippen molar-refractivity contribution in [2.24, 2.45) is 0 Å². The minimum atomic E-state index is -0.362. The Morgan fingerprint density at radius 3 is 2.64 bits per heavy atom. The highest BCUT2D eigenvalue weighted by Gasteiger charge is 2.19. The van der Waals surface area contributed by atoms with Gasteiger partial charge in [-0.1, -0.05) is 30.3 Å². The lowest BCUT2D eigenvalue weighted by Crippen LogP contribution is -2.05. The van der Waals surface area contributed by atoms with Crippen molar-refractivity contribution in [3.05, 3.63) is 70.8 Å². The molecule has 0 amide bonds. The van der Waals surface area contributed by atoms with Crippen molar-refractivity contribution >= 4 is 16.7 Å². The van der Waals surface area contributed by atoms with Crippen LogP contribution in [0.3, 0.4) is 0 Å². The van der Waals surface area contributed by atoms with Gasteiger partial charge in [-0.15, -0.1) is 0 Å². The number of hydrogen-bond donors (Lipinski definition) is 0. The Morgan fingerprint density at radius 1 is 1.08 bits per heavy atom. The van der Waals surface area contributed by atoms with E-state index in [1.54, 1.807) is 25.1 Å². The van der Waals surface area contributed by atoms with Crippen molar-refractivity contribution in [1.29, 1.82) is 5.26 Å². The monoisotopic (exact) mass is 327 g/mol. The first kappa shape index (κ1) is 15.4. The predicted molar refractivity (Wildman–Crippen MR) is 97.5 cm³/mol. The van der Waals surface area contributed by atoms with Gasteiger partial charge in [0.05, 0.1) is 23.8 Å². The molecule has 3 aromatic carbocycles. The third kappa shape index (κ3) is 2.47. The number of nitriles is 1. The lowest BCUT2D eigenvalue weighted by Gasteiger charge is -2.12. The van der Waals surface area contributed by atoms with E-state index in [1.807, 2.05) is 0 Å². The average Bonchev–Trinajstić information content (AvgIpc) is 3.07. The van der Waals surface area contributed by atoms with Crippen LogP contribution in [0.25, 0.3) is 21.9 Å². The normalized spacial score (nSPS) is 12.2. The van der Waals surface area contributed by atoms with Gasteiger partial charge in [0.1, 0.15) is 0 Å². The van der Waals surface area contributed by atoms with E-state index in [0.717, 1.165) is 29.4 Å². The molecule has 0 aliphatic heterocycles. The molecule has 25 heavy (non-hydrogen) atoms. The third-order valence-corrected chi connectivity index (χ3v) is 4.82. The Kier molecular flexibility index (Phi) is 3.74. The summed E-state index contributed by atoms with van der Waals surface area (Å²) in [7, 11) is 0. The van der Waals surface area contributed by atoms with Gasteiger partial charge in [-0.25, -0.2) is 4.79 Å². The van der Waals surface area contributed by atoms with Crippen LogP contribution >= 0.6 is 0 Å². The maximum atomic E-state index is 12.1. The number of aryl methyl sites for hydroxylation is 2. The molecule has 1 aliphatic carbocycles. The molecule has 0 saturated heterocycles. The molecule has 3 aromatic rings. The van der Waals surface area contributed by atoms with Gasteiger partial charge in [-0.3, -0.25) is 0 Å². The summed E-state index contributed by atoms with van der Waals surface area (Å²) < 4.78 is 5.11. The number of carbonyl (C=O) groups excluding carboxylic acids is 1. The van der Waals surface area contributed by atoms with Gasteiger partial charge < -0.3 is 4.74 Å². The van der Waals surface area contributed by atoms with E-state index in [-0.39, 0.29) is 5.97 Å². The van der Waals surface area contributed by atoms with Crippen molar-refractivity contribution in [1.82, 2.24) is 0 Å². The highest BCUT2D eigenvalue weighted by Crippen LogP contribution is 2.38. The van der Waals surface area contributed by atoms with E-state index < -0.39 is 0 Å². The zero-order valence-corrected chi connectivity index (χ0v) is 14.0. The van der Waals surface area contributed by atoms with Gasteiger partial charge in [0.25, 0.3) is 0 Å². The minimum Gasteiger partial charge on any atom is -0.462 e. The highest BCUT2D eigenvalue weighted by atomic mass is 16.5. The second-order valence-electron chi connectivity index (χ2n) is 6.20. The largest absolute Gasteiger partial charge is 0.462 e. The Bertz CT molecular complexity index is 1030. The summed E-state index contributed by atoms with van der Waals surface area (Å²) in [5, 5.41) is 12.0. The lowest BCUT2D eigenvalue weighted by molar-refractivity contribution is 0.0526. The standard InChI is InChI=1S/C22H17NO2/c1-2-25-22(24)16-8-9-17(13-23)20(12-16)18-11-10-15-7-6-14-4-3-5-19(18)21(14)15/h3-5,8-12H,2,6-7H2,1H3. The van der Waals surface area contributed by atoms with Crippen LogP contribution in [0.4, 0.5) is 0 Å². The van der Waals surface area contributed by atoms with Crippen LogP contribution in [0.15, 0.2) is 48.5 Å². The van der Waals surface area contributed by atoms with Crippen molar-refractivity contribution < 1.29 is 9.53 Å². The molecular formula is C22H17NO2. The molecule has 0 heterocycles. The van der Waals surface area contributed by atoms with E-state index in [9.17, 15) is 10.1 Å². The number of carbonyl (C=O) groups is 1. The smallest absolute Gasteiger partial charge is 0.338 e. The Hall–Kier alpha value is -3.12. The van der Waals surface area contributed by atoms with Crippen molar-refractivity contribution in [2.75, 3.05) is 6.61 Å². The second kappa shape index (κ2) is 6.07. The van der Waals surface area contributed by atoms with Crippen molar-refractivity contribution in [3.8, 4) is 17.2 Å². The molecule has 0 spiro atoms. The Labute approximate surface area is 146 Å². The number of rotatable bonds is 3. The molecule has 1 aliphatic rings. The van der Waals surface area contributed by atoms with E-state index in [4.69, 9.17) is 4.74 Å². The van der Waals surface area contributed by atoms with Crippen LogP contribution in [0, 0.1) is 11.3 Å². The fourth-order valence-corrected chi connectivity index (χ4v) is 3.69. The molecule has 4 rings (SSSR count). The second-order valence-corrected chi connectivity index (χ2v) is 6.20. The minimum absolute atomic E-state index is 0.329. The van der Waals surface area contributed by atoms with Gasteiger partial charge in [-0.2, -0.15) is 5.26 Å². The molecule has 0 fully saturated rings. The molecule has 0 saturated carbocycles. The number of nitrogens with zero attached hydrogens (tertiary/aromatic N) is 1. The van der Waals surface area contributed by atoms with Gasteiger partial charge in [0.2, 0.25) is 0 Å². The van der Waals surface area contributed by atoms with E-state index in [1.165, 1.54) is 16.5 Å². The van der Waals surface area contributed by atoms with Gasteiger partial charge in [0, 0.05) is 5.56 Å². The molecule has 0 bridgehead atoms. The molecule has 0 unspecified atom stereocenters. The summed E-state index contributed by atoms with van der Waals surface area (Å²) in [5.74, 6) is -0.362. The average molecular weight is 327 g/mol. The maximum Gasteiger partial charge on any atom is 0.338 e. The number of benzene rings is 3. The summed E-state index contributed by atoms with van der Waals surface area (Å²) in [6, 6.07) is 17.9. The summed E-state index contributed by atoms with van der Waals surface area (Å²) in [6.07, 6.45) is 2.12. The van der Waals surface area contributed by atoms with Crippen LogP contribution in [0.1, 0.15) is 34.0 Å². The first-order valence-electron chi connectivity index (χ1n) is 8.48. The zero-order chi connectivity index (χ0) is 17.4. The van der Waals surface area contributed by atoms with Crippen LogP contribution in [-0.2, 0) is 17.6 Å². The molecular weight excluding hydrogens is 310 g/mol. The molecule has 3 heteroatoms. The summed E-state index contributed by atoms with van der Waals surface area (Å²) in [5.41, 5.74) is 5.52. The summed E-state index contributed by atoms with van der Waals surface area (Å²) in [4.78, 5) is 12.1. The fraction of sp³-hybridized carbons (Fsp3) is 0.182. The van der Waals surface area contributed by atoms with Crippen LogP contribution < -0.4 is 0 Å². The van der Waals surface area contributed by atoms with Crippen LogP contribution in [-0.4, -0.2) is 12.6 Å². The van der Waals surface area contributed by atoms with Crippen LogP contribution in [0.5, 0.6) is 0 Å². The Morgan fingerprint density at radius 2 is 1.88 bits per heavy atom. The zero-order valence-electron chi connectivity index (χ0n) is 14.0. The molecule has 0 radical (unpaired) electrons. The van der Waals surface area contributed by atoms with Crippen molar-refractivity contribution in [2.45, 2.75) is 19.8 Å². The van der Waals surface area contributed by atoms with Crippen molar-refractivity contribution in [3.63, 3.8) is 0 Å². The topological polar surface area (TPSA) is 50.1 Å². The quantitative estimate of drug-likeness (QED) is 0.658. The third-order valence-electron chi connectivity index (χ3n) is 4.82. The van der Waals surface area contributed by atoms with E-state index >= 15 is 0 Å². The van der Waals surface area contributed by atoms with Gasteiger partial charge >= 0.3 is 5.97 Å². The number of ether oxygens (including phenoxy) is 1. The summed E-state index contributed by atoms with van der Waals surface area (Å²) >= 11 is 0. The maximum absolute atomic E-state index is 12.1. The Balaban J connectivity index is 1.96. The summed E-state index contributed by atoms with van der Waals surface area (Å²) in [6.45, 7) is 2.11. The van der Waals surface area contributed by atoms with Gasteiger partial charge in [0.15, 0.2) is 0 Å². The van der Waals surface area contributed by atoms with Gasteiger partial charge in [-0.05, 0) is 65.4 Å². The van der Waals surface area contributed by atoms with E-state index in [0.29, 0.717) is 17.7 Å². The SMILES string of the molecule is CCOC(=O)c1ccc(C#N)c(-c2ccc3c4c(cccc24)CC3)c1. The van der Waals surface area contributed by atoms with Crippen LogP contribution in [0.2, 0.25) is 0 Å². The van der Waals surface area contributed by atoms with E-state index in [2.05, 4.69) is 36.4 Å². The molecule has 0 N–H and O–H groups in total. The highest BCUT2D eigenvalue weighted by molar-refractivity contribution is 6.03. The fourth-order valence-electron chi connectivity index (χ4n) is 3.69. The molecule has 3 nitrogen and oxygen atoms in total. The first-order chi connectivity index (χ1) is 12.2. The molecule has 122 valence electrons.